The third-order valence-electron chi connectivity index (χ3n) is 4.31. The molecule has 1 unspecified atom stereocenters. The minimum absolute atomic E-state index is 0.173. The molecule has 2 aromatic carbocycles. The number of halogens is 2. The van der Waals surface area contributed by atoms with Gasteiger partial charge in [-0.25, -0.2) is 4.39 Å². The molecule has 1 aromatic heterocycles. The number of carbonyl (C=O) groups is 1. The Hall–Kier alpha value is -2.84. The molecule has 3 aromatic rings. The monoisotopic (exact) mass is 417 g/mol. The number of nitrogens with one attached hydrogen (secondary N) is 1. The standard InChI is InChI=1S/C20H21ClFN5O2/c1-4-19-24-25-26-27(19)16-8-13(17-6-5-15(22)10-18(17)21)7-14(9-16)20(28)23-12(2)11-29-3/h5-10,12H,4,11H2,1-3H3,(H,23,28). The zero-order valence-corrected chi connectivity index (χ0v) is 17.1. The highest BCUT2D eigenvalue weighted by Crippen LogP contribution is 2.31. The number of methoxy groups -OCH3 is 1. The number of nitrogens with zero attached hydrogens (tertiary/aromatic N) is 4. The van der Waals surface area contributed by atoms with Crippen molar-refractivity contribution in [2.45, 2.75) is 26.3 Å². The Morgan fingerprint density at radius 2 is 2.10 bits per heavy atom. The maximum Gasteiger partial charge on any atom is 0.251 e. The number of aryl methyl sites for hydroxylation is 1. The summed E-state index contributed by atoms with van der Waals surface area (Å²) in [4.78, 5) is 12.8. The molecule has 0 fully saturated rings. The van der Waals surface area contributed by atoms with Crippen LogP contribution in [0.5, 0.6) is 0 Å². The second kappa shape index (κ2) is 9.11. The number of aromatic nitrogens is 4. The number of benzene rings is 2. The van der Waals surface area contributed by atoms with Crippen molar-refractivity contribution in [1.82, 2.24) is 25.5 Å². The lowest BCUT2D eigenvalue weighted by atomic mass is 10.0. The lowest BCUT2D eigenvalue weighted by molar-refractivity contribution is 0.0905. The van der Waals surface area contributed by atoms with Crippen LogP contribution < -0.4 is 5.32 Å². The summed E-state index contributed by atoms with van der Waals surface area (Å²) < 4.78 is 20.1. The van der Waals surface area contributed by atoms with Gasteiger partial charge in [0.05, 0.1) is 17.3 Å². The Bertz CT molecular complexity index is 1020. The van der Waals surface area contributed by atoms with E-state index in [1.165, 1.54) is 12.1 Å². The highest BCUT2D eigenvalue weighted by atomic mass is 35.5. The Morgan fingerprint density at radius 3 is 2.79 bits per heavy atom. The molecule has 9 heteroatoms. The van der Waals surface area contributed by atoms with Gasteiger partial charge in [0.1, 0.15) is 5.82 Å². The van der Waals surface area contributed by atoms with Crippen molar-refractivity contribution in [2.24, 2.45) is 0 Å². The van der Waals surface area contributed by atoms with E-state index in [1.54, 1.807) is 30.0 Å². The summed E-state index contributed by atoms with van der Waals surface area (Å²) in [5.41, 5.74) is 2.25. The van der Waals surface area contributed by atoms with Crippen LogP contribution in [0.15, 0.2) is 36.4 Å². The van der Waals surface area contributed by atoms with Crippen LogP contribution in [0, 0.1) is 5.82 Å². The van der Waals surface area contributed by atoms with Gasteiger partial charge in [0.2, 0.25) is 0 Å². The fraction of sp³-hybridized carbons (Fsp3) is 0.300. The molecule has 1 N–H and O–H groups in total. The van der Waals surface area contributed by atoms with Crippen molar-refractivity contribution >= 4 is 17.5 Å². The Kier molecular flexibility index (Phi) is 6.56. The van der Waals surface area contributed by atoms with E-state index >= 15 is 0 Å². The van der Waals surface area contributed by atoms with Crippen LogP contribution in [0.2, 0.25) is 5.02 Å². The van der Waals surface area contributed by atoms with Crippen molar-refractivity contribution in [1.29, 1.82) is 0 Å². The fourth-order valence-corrected chi connectivity index (χ4v) is 3.25. The SMILES string of the molecule is CCc1nnnn1-c1cc(C(=O)NC(C)COC)cc(-c2ccc(F)cc2Cl)c1. The zero-order chi connectivity index (χ0) is 21.0. The molecule has 0 saturated heterocycles. The second-order valence-electron chi connectivity index (χ2n) is 6.58. The Labute approximate surface area is 172 Å². The molecule has 0 aliphatic rings. The first-order chi connectivity index (χ1) is 13.9. The van der Waals surface area contributed by atoms with E-state index in [0.717, 1.165) is 0 Å². The second-order valence-corrected chi connectivity index (χ2v) is 6.99. The smallest absolute Gasteiger partial charge is 0.251 e. The topological polar surface area (TPSA) is 81.9 Å². The van der Waals surface area contributed by atoms with Crippen molar-refractivity contribution in [3.8, 4) is 16.8 Å². The zero-order valence-electron chi connectivity index (χ0n) is 16.3. The lowest BCUT2D eigenvalue weighted by Crippen LogP contribution is -2.35. The molecule has 152 valence electrons. The predicted octanol–water partition coefficient (Wildman–Crippen LogP) is 3.45. The highest BCUT2D eigenvalue weighted by Gasteiger charge is 2.16. The summed E-state index contributed by atoms with van der Waals surface area (Å²) in [5.74, 6) is -0.0662. The predicted molar refractivity (Wildman–Crippen MR) is 108 cm³/mol. The first-order valence-corrected chi connectivity index (χ1v) is 9.48. The van der Waals surface area contributed by atoms with Gasteiger partial charge in [0, 0.05) is 30.7 Å². The molecule has 0 saturated carbocycles. The fourth-order valence-electron chi connectivity index (χ4n) is 2.97. The summed E-state index contributed by atoms with van der Waals surface area (Å²) in [6, 6.07) is 9.17. The minimum Gasteiger partial charge on any atom is -0.383 e. The molecular formula is C20H21ClFN5O2. The Morgan fingerprint density at radius 1 is 1.31 bits per heavy atom. The van der Waals surface area contributed by atoms with E-state index in [-0.39, 0.29) is 17.0 Å². The first kappa shape index (κ1) is 20.9. The van der Waals surface area contributed by atoms with Crippen molar-refractivity contribution in [3.05, 3.63) is 58.6 Å². The number of amides is 1. The maximum absolute atomic E-state index is 13.5. The highest BCUT2D eigenvalue weighted by molar-refractivity contribution is 6.33. The number of hydrogen-bond acceptors (Lipinski definition) is 5. The summed E-state index contributed by atoms with van der Waals surface area (Å²) in [6.45, 7) is 4.16. The number of rotatable bonds is 7. The molecule has 0 spiro atoms. The molecule has 3 rings (SSSR count). The molecule has 29 heavy (non-hydrogen) atoms. The first-order valence-electron chi connectivity index (χ1n) is 9.10. The molecule has 1 heterocycles. The van der Waals surface area contributed by atoms with E-state index in [1.807, 2.05) is 19.9 Å². The van der Waals surface area contributed by atoms with Crippen molar-refractivity contribution in [2.75, 3.05) is 13.7 Å². The van der Waals surface area contributed by atoms with Crippen LogP contribution in [0.4, 0.5) is 4.39 Å². The summed E-state index contributed by atoms with van der Waals surface area (Å²) in [5, 5.41) is 14.9. The average Bonchev–Trinajstić information content (AvgIpc) is 3.16. The molecule has 0 radical (unpaired) electrons. The van der Waals surface area contributed by atoms with Crippen molar-refractivity contribution in [3.63, 3.8) is 0 Å². The summed E-state index contributed by atoms with van der Waals surface area (Å²) in [6.07, 6.45) is 0.612. The molecule has 1 atom stereocenters. The molecule has 0 aliphatic heterocycles. The van der Waals surface area contributed by atoms with Crippen LogP contribution in [0.25, 0.3) is 16.8 Å². The van der Waals surface area contributed by atoms with Gasteiger partial charge in [-0.3, -0.25) is 4.79 Å². The van der Waals surface area contributed by atoms with Gasteiger partial charge >= 0.3 is 0 Å². The van der Waals surface area contributed by atoms with Crippen LogP contribution >= 0.6 is 11.6 Å². The van der Waals surface area contributed by atoms with Crippen LogP contribution in [-0.4, -0.2) is 45.9 Å². The van der Waals surface area contributed by atoms with Crippen LogP contribution in [0.3, 0.4) is 0 Å². The largest absolute Gasteiger partial charge is 0.383 e. The molecule has 0 bridgehead atoms. The summed E-state index contributed by atoms with van der Waals surface area (Å²) >= 11 is 6.25. The molecule has 0 aliphatic carbocycles. The van der Waals surface area contributed by atoms with Gasteiger partial charge in [0.15, 0.2) is 5.82 Å². The van der Waals surface area contributed by atoms with Gasteiger partial charge in [-0.15, -0.1) is 5.10 Å². The lowest BCUT2D eigenvalue weighted by Gasteiger charge is -2.15. The third-order valence-corrected chi connectivity index (χ3v) is 4.62. The normalized spacial score (nSPS) is 12.0. The number of carbonyl (C=O) groups excluding carboxylic acids is 1. The van der Waals surface area contributed by atoms with E-state index in [0.29, 0.717) is 41.2 Å². The van der Waals surface area contributed by atoms with Gasteiger partial charge in [-0.05, 0) is 59.3 Å². The van der Waals surface area contributed by atoms with Gasteiger partial charge in [0.25, 0.3) is 5.91 Å². The number of hydrogen-bond donors (Lipinski definition) is 1. The molecular weight excluding hydrogens is 397 g/mol. The van der Waals surface area contributed by atoms with E-state index < -0.39 is 5.82 Å². The van der Waals surface area contributed by atoms with E-state index in [2.05, 4.69) is 20.8 Å². The number of tetrazole rings is 1. The van der Waals surface area contributed by atoms with E-state index in [4.69, 9.17) is 16.3 Å². The number of ether oxygens (including phenoxy) is 1. The summed E-state index contributed by atoms with van der Waals surface area (Å²) in [7, 11) is 1.57. The average molecular weight is 418 g/mol. The van der Waals surface area contributed by atoms with Crippen LogP contribution in [0.1, 0.15) is 30.0 Å². The van der Waals surface area contributed by atoms with E-state index in [9.17, 15) is 9.18 Å². The van der Waals surface area contributed by atoms with Gasteiger partial charge in [-0.2, -0.15) is 4.68 Å². The minimum atomic E-state index is -0.435. The quantitative estimate of drug-likeness (QED) is 0.636. The third kappa shape index (κ3) is 4.78. The molecule has 1 amide bonds. The van der Waals surface area contributed by atoms with Gasteiger partial charge < -0.3 is 10.1 Å². The van der Waals surface area contributed by atoms with Crippen molar-refractivity contribution < 1.29 is 13.9 Å². The van der Waals surface area contributed by atoms with Crippen LogP contribution in [-0.2, 0) is 11.2 Å². The maximum atomic E-state index is 13.5. The molecule has 7 nitrogen and oxygen atoms in total. The van der Waals surface area contributed by atoms with Gasteiger partial charge in [-0.1, -0.05) is 18.5 Å². The Balaban J connectivity index is 2.10.